The van der Waals surface area contributed by atoms with Gasteiger partial charge in [-0.05, 0) is 0 Å². The van der Waals surface area contributed by atoms with Crippen LogP contribution >= 0.6 is 0 Å². The lowest BCUT2D eigenvalue weighted by atomic mass is 9.99. The van der Waals surface area contributed by atoms with Crippen molar-refractivity contribution in [3.8, 4) is 0 Å². The summed E-state index contributed by atoms with van der Waals surface area (Å²) in [4.78, 5) is 22.5. The fourth-order valence-electron chi connectivity index (χ4n) is 1.64. The lowest BCUT2D eigenvalue weighted by Gasteiger charge is -2.25. The molecule has 1 aliphatic heterocycles. The van der Waals surface area contributed by atoms with E-state index in [1.807, 2.05) is 0 Å². The van der Waals surface area contributed by atoms with Gasteiger partial charge in [0, 0.05) is 19.6 Å². The molecule has 0 saturated carbocycles. The van der Waals surface area contributed by atoms with Crippen molar-refractivity contribution in [1.82, 2.24) is 5.32 Å². The smallest absolute Gasteiger partial charge is 0.328 e. The minimum absolute atomic E-state index is 0.218. The van der Waals surface area contributed by atoms with Gasteiger partial charge in [-0.1, -0.05) is 0 Å². The molecule has 1 aliphatic rings. The molecule has 6 nitrogen and oxygen atoms in total. The maximum Gasteiger partial charge on any atom is 0.328 e. The molecule has 1 atom stereocenters. The number of esters is 2. The zero-order chi connectivity index (χ0) is 12.0. The second-order valence-corrected chi connectivity index (χ2v) is 3.63. The standard InChI is InChI=1S/C10H17NO5/c1-14-8(12)3-5-11-10(9(13)15-2)4-6-16-7-10/h11H,3-7H2,1-2H3. The Hall–Kier alpha value is -1.14. The maximum atomic E-state index is 11.6. The number of nitrogens with one attached hydrogen (secondary N) is 1. The monoisotopic (exact) mass is 231 g/mol. The third kappa shape index (κ3) is 2.93. The van der Waals surface area contributed by atoms with Crippen molar-refractivity contribution in [3.05, 3.63) is 0 Å². The van der Waals surface area contributed by atoms with Crippen LogP contribution < -0.4 is 5.32 Å². The molecular formula is C10H17NO5. The van der Waals surface area contributed by atoms with Crippen LogP contribution in [0.5, 0.6) is 0 Å². The highest BCUT2D eigenvalue weighted by molar-refractivity contribution is 5.81. The fraction of sp³-hybridized carbons (Fsp3) is 0.800. The molecule has 1 rings (SSSR count). The van der Waals surface area contributed by atoms with Crippen molar-refractivity contribution in [1.29, 1.82) is 0 Å². The first-order chi connectivity index (χ1) is 7.64. The van der Waals surface area contributed by atoms with Gasteiger partial charge in [0.25, 0.3) is 0 Å². The first kappa shape index (κ1) is 12.9. The Kier molecular flexibility index (Phi) is 4.70. The Balaban J connectivity index is 2.46. The van der Waals surface area contributed by atoms with Gasteiger partial charge in [-0.2, -0.15) is 0 Å². The van der Waals surface area contributed by atoms with E-state index in [2.05, 4.69) is 10.1 Å². The molecule has 0 aromatic rings. The van der Waals surface area contributed by atoms with E-state index in [0.29, 0.717) is 19.6 Å². The van der Waals surface area contributed by atoms with Crippen molar-refractivity contribution >= 4 is 11.9 Å². The van der Waals surface area contributed by atoms with Gasteiger partial charge in [-0.15, -0.1) is 0 Å². The number of rotatable bonds is 5. The topological polar surface area (TPSA) is 73.9 Å². The van der Waals surface area contributed by atoms with E-state index in [1.54, 1.807) is 0 Å². The zero-order valence-electron chi connectivity index (χ0n) is 9.58. The summed E-state index contributed by atoms with van der Waals surface area (Å²) >= 11 is 0. The van der Waals surface area contributed by atoms with Crippen LogP contribution in [0.3, 0.4) is 0 Å². The van der Waals surface area contributed by atoms with E-state index in [0.717, 1.165) is 0 Å². The molecule has 0 aromatic carbocycles. The number of carbonyl (C=O) groups excluding carboxylic acids is 2. The Labute approximate surface area is 94.2 Å². The van der Waals surface area contributed by atoms with E-state index in [1.165, 1.54) is 14.2 Å². The molecule has 16 heavy (non-hydrogen) atoms. The molecule has 0 aromatic heterocycles. The Bertz CT molecular complexity index is 260. The maximum absolute atomic E-state index is 11.6. The first-order valence-electron chi connectivity index (χ1n) is 5.12. The number of carbonyl (C=O) groups is 2. The quantitative estimate of drug-likeness (QED) is 0.641. The Morgan fingerprint density at radius 1 is 1.38 bits per heavy atom. The molecule has 0 spiro atoms. The van der Waals surface area contributed by atoms with Crippen LogP contribution in [-0.2, 0) is 23.8 Å². The van der Waals surface area contributed by atoms with Crippen LogP contribution in [0.1, 0.15) is 12.8 Å². The number of methoxy groups -OCH3 is 2. The summed E-state index contributed by atoms with van der Waals surface area (Å²) < 4.78 is 14.4. The van der Waals surface area contributed by atoms with E-state index in [-0.39, 0.29) is 25.0 Å². The molecule has 0 amide bonds. The summed E-state index contributed by atoms with van der Waals surface area (Å²) in [5, 5.41) is 3.01. The third-order valence-electron chi connectivity index (χ3n) is 2.62. The SMILES string of the molecule is COC(=O)CCNC1(C(=O)OC)CCOC1. The van der Waals surface area contributed by atoms with E-state index in [4.69, 9.17) is 9.47 Å². The van der Waals surface area contributed by atoms with Gasteiger partial charge in [0.2, 0.25) is 0 Å². The second-order valence-electron chi connectivity index (χ2n) is 3.63. The highest BCUT2D eigenvalue weighted by atomic mass is 16.5. The lowest BCUT2D eigenvalue weighted by molar-refractivity contribution is -0.149. The number of hydrogen-bond acceptors (Lipinski definition) is 6. The van der Waals surface area contributed by atoms with E-state index < -0.39 is 5.54 Å². The largest absolute Gasteiger partial charge is 0.469 e. The van der Waals surface area contributed by atoms with Gasteiger partial charge in [-0.25, -0.2) is 4.79 Å². The van der Waals surface area contributed by atoms with Gasteiger partial charge in [0.15, 0.2) is 0 Å². The third-order valence-corrected chi connectivity index (χ3v) is 2.62. The summed E-state index contributed by atoms with van der Waals surface area (Å²) in [6.07, 6.45) is 0.774. The van der Waals surface area contributed by atoms with Crippen molar-refractivity contribution in [2.45, 2.75) is 18.4 Å². The second kappa shape index (κ2) is 5.81. The summed E-state index contributed by atoms with van der Waals surface area (Å²) in [6.45, 7) is 1.16. The Morgan fingerprint density at radius 3 is 2.62 bits per heavy atom. The highest BCUT2D eigenvalue weighted by Gasteiger charge is 2.42. The van der Waals surface area contributed by atoms with Crippen LogP contribution in [0.25, 0.3) is 0 Å². The fourth-order valence-corrected chi connectivity index (χ4v) is 1.64. The Morgan fingerprint density at radius 2 is 2.12 bits per heavy atom. The summed E-state index contributed by atoms with van der Waals surface area (Å²) in [5.41, 5.74) is -0.803. The van der Waals surface area contributed by atoms with Crippen LogP contribution in [0.15, 0.2) is 0 Å². The zero-order valence-corrected chi connectivity index (χ0v) is 9.58. The molecule has 0 aliphatic carbocycles. The lowest BCUT2D eigenvalue weighted by Crippen LogP contribution is -2.53. The molecule has 6 heteroatoms. The van der Waals surface area contributed by atoms with Gasteiger partial charge < -0.3 is 14.2 Å². The molecule has 1 saturated heterocycles. The summed E-state index contributed by atoms with van der Waals surface area (Å²) in [6, 6.07) is 0. The van der Waals surface area contributed by atoms with Crippen LogP contribution in [0, 0.1) is 0 Å². The average molecular weight is 231 g/mol. The molecule has 0 radical (unpaired) electrons. The number of ether oxygens (including phenoxy) is 3. The van der Waals surface area contributed by atoms with Gasteiger partial charge in [-0.3, -0.25) is 10.1 Å². The predicted molar refractivity (Wildman–Crippen MR) is 54.8 cm³/mol. The van der Waals surface area contributed by atoms with Gasteiger partial charge >= 0.3 is 11.9 Å². The van der Waals surface area contributed by atoms with E-state index >= 15 is 0 Å². The minimum Gasteiger partial charge on any atom is -0.469 e. The van der Waals surface area contributed by atoms with Crippen LogP contribution in [0.4, 0.5) is 0 Å². The van der Waals surface area contributed by atoms with Gasteiger partial charge in [0.1, 0.15) is 5.54 Å². The predicted octanol–water partition coefficient (Wildman–Crippen LogP) is -0.529. The summed E-state index contributed by atoms with van der Waals surface area (Å²) in [5.74, 6) is -0.665. The van der Waals surface area contributed by atoms with Crippen LogP contribution in [-0.4, -0.2) is 51.5 Å². The average Bonchev–Trinajstić information content (AvgIpc) is 2.77. The molecule has 1 N–H and O–H groups in total. The molecule has 1 heterocycles. The number of hydrogen-bond donors (Lipinski definition) is 1. The first-order valence-corrected chi connectivity index (χ1v) is 5.12. The van der Waals surface area contributed by atoms with Crippen molar-refractivity contribution in [2.75, 3.05) is 34.0 Å². The highest BCUT2D eigenvalue weighted by Crippen LogP contribution is 2.20. The molecule has 92 valence electrons. The normalized spacial score (nSPS) is 24.1. The molecular weight excluding hydrogens is 214 g/mol. The van der Waals surface area contributed by atoms with E-state index in [9.17, 15) is 9.59 Å². The molecule has 1 unspecified atom stereocenters. The van der Waals surface area contributed by atoms with Crippen molar-refractivity contribution < 1.29 is 23.8 Å². The van der Waals surface area contributed by atoms with Crippen LogP contribution in [0.2, 0.25) is 0 Å². The molecule has 1 fully saturated rings. The minimum atomic E-state index is -0.803. The summed E-state index contributed by atoms with van der Waals surface area (Å²) in [7, 11) is 2.67. The molecule has 0 bridgehead atoms. The van der Waals surface area contributed by atoms with Crippen molar-refractivity contribution in [2.24, 2.45) is 0 Å². The van der Waals surface area contributed by atoms with Crippen molar-refractivity contribution in [3.63, 3.8) is 0 Å². The van der Waals surface area contributed by atoms with Gasteiger partial charge in [0.05, 0.1) is 27.2 Å².